The van der Waals surface area contributed by atoms with Crippen molar-refractivity contribution in [3.8, 4) is 0 Å². The molecule has 1 aliphatic heterocycles. The molecule has 0 radical (unpaired) electrons. The molecule has 1 N–H and O–H groups in total. The lowest BCUT2D eigenvalue weighted by atomic mass is 10.0. The Hall–Kier alpha value is -0.0800. The van der Waals surface area contributed by atoms with Gasteiger partial charge in [-0.2, -0.15) is 0 Å². The third kappa shape index (κ3) is 4.84. The van der Waals surface area contributed by atoms with Crippen LogP contribution in [0.3, 0.4) is 0 Å². The van der Waals surface area contributed by atoms with E-state index in [9.17, 15) is 0 Å². The van der Waals surface area contributed by atoms with Crippen LogP contribution in [0.1, 0.15) is 53.4 Å². The molecule has 0 amide bonds. The van der Waals surface area contributed by atoms with E-state index < -0.39 is 0 Å². The first-order valence-corrected chi connectivity index (χ1v) is 7.11. The highest BCUT2D eigenvalue weighted by Crippen LogP contribution is 2.12. The SMILES string of the molecule is CCC1CN(CCCCC(C)C)C(C)CN1. The van der Waals surface area contributed by atoms with Crippen LogP contribution in [0.4, 0.5) is 0 Å². The van der Waals surface area contributed by atoms with Crippen LogP contribution in [0.25, 0.3) is 0 Å². The molecule has 2 heteroatoms. The third-order valence-corrected chi connectivity index (χ3v) is 3.75. The van der Waals surface area contributed by atoms with Crippen LogP contribution >= 0.6 is 0 Å². The van der Waals surface area contributed by atoms with Gasteiger partial charge in [0.1, 0.15) is 0 Å². The number of hydrogen-bond donors (Lipinski definition) is 1. The van der Waals surface area contributed by atoms with Crippen LogP contribution in [0.2, 0.25) is 0 Å². The molecular formula is C14H30N2. The Bertz CT molecular complexity index is 180. The fourth-order valence-electron chi connectivity index (χ4n) is 2.45. The maximum absolute atomic E-state index is 3.62. The Morgan fingerprint density at radius 2 is 2.06 bits per heavy atom. The monoisotopic (exact) mass is 226 g/mol. The Balaban J connectivity index is 2.18. The van der Waals surface area contributed by atoms with Crippen LogP contribution in [-0.4, -0.2) is 36.6 Å². The minimum atomic E-state index is 0.723. The van der Waals surface area contributed by atoms with Crippen molar-refractivity contribution in [1.82, 2.24) is 10.2 Å². The van der Waals surface area contributed by atoms with Crippen molar-refractivity contribution in [2.45, 2.75) is 65.5 Å². The molecule has 0 aromatic rings. The van der Waals surface area contributed by atoms with Crippen LogP contribution in [0.5, 0.6) is 0 Å². The lowest BCUT2D eigenvalue weighted by Crippen LogP contribution is -2.55. The lowest BCUT2D eigenvalue weighted by Gasteiger charge is -2.38. The van der Waals surface area contributed by atoms with Gasteiger partial charge in [0.2, 0.25) is 0 Å². The summed E-state index contributed by atoms with van der Waals surface area (Å²) in [5, 5.41) is 3.62. The van der Waals surface area contributed by atoms with Gasteiger partial charge in [0.15, 0.2) is 0 Å². The van der Waals surface area contributed by atoms with Crippen LogP contribution in [-0.2, 0) is 0 Å². The van der Waals surface area contributed by atoms with E-state index in [1.165, 1.54) is 45.3 Å². The normalized spacial score (nSPS) is 27.6. The maximum atomic E-state index is 3.62. The first-order valence-electron chi connectivity index (χ1n) is 7.11. The summed E-state index contributed by atoms with van der Waals surface area (Å²) in [5.74, 6) is 0.865. The van der Waals surface area contributed by atoms with E-state index in [1.807, 2.05) is 0 Å². The minimum absolute atomic E-state index is 0.723. The van der Waals surface area contributed by atoms with E-state index in [0.29, 0.717) is 0 Å². The molecule has 2 nitrogen and oxygen atoms in total. The van der Waals surface area contributed by atoms with Gasteiger partial charge in [-0.15, -0.1) is 0 Å². The van der Waals surface area contributed by atoms with E-state index in [2.05, 4.69) is 37.9 Å². The van der Waals surface area contributed by atoms with Gasteiger partial charge in [-0.25, -0.2) is 0 Å². The molecule has 1 aliphatic rings. The maximum Gasteiger partial charge on any atom is 0.0193 e. The molecule has 0 spiro atoms. The average molecular weight is 226 g/mol. The summed E-state index contributed by atoms with van der Waals surface area (Å²) >= 11 is 0. The van der Waals surface area contributed by atoms with Gasteiger partial charge in [-0.05, 0) is 32.2 Å². The minimum Gasteiger partial charge on any atom is -0.311 e. The summed E-state index contributed by atoms with van der Waals surface area (Å²) in [5.41, 5.74) is 0. The standard InChI is InChI=1S/C14H30N2/c1-5-14-11-16(13(4)10-15-14)9-7-6-8-12(2)3/h12-15H,5-11H2,1-4H3. The molecular weight excluding hydrogens is 196 g/mol. The highest BCUT2D eigenvalue weighted by molar-refractivity contribution is 4.82. The van der Waals surface area contributed by atoms with Gasteiger partial charge >= 0.3 is 0 Å². The van der Waals surface area contributed by atoms with Crippen molar-refractivity contribution < 1.29 is 0 Å². The Morgan fingerprint density at radius 3 is 2.69 bits per heavy atom. The summed E-state index contributed by atoms with van der Waals surface area (Å²) < 4.78 is 0. The fraction of sp³-hybridized carbons (Fsp3) is 1.00. The third-order valence-electron chi connectivity index (χ3n) is 3.75. The molecule has 2 atom stereocenters. The van der Waals surface area contributed by atoms with Crippen LogP contribution in [0, 0.1) is 5.92 Å². The highest BCUT2D eigenvalue weighted by atomic mass is 15.2. The van der Waals surface area contributed by atoms with Gasteiger partial charge in [0.25, 0.3) is 0 Å². The van der Waals surface area contributed by atoms with E-state index >= 15 is 0 Å². The predicted molar refractivity (Wildman–Crippen MR) is 71.8 cm³/mol. The molecule has 1 saturated heterocycles. The molecule has 0 bridgehead atoms. The Kier molecular flexibility index (Phi) is 6.37. The zero-order chi connectivity index (χ0) is 12.0. The van der Waals surface area contributed by atoms with E-state index in [-0.39, 0.29) is 0 Å². The molecule has 0 aliphatic carbocycles. The number of unbranched alkanes of at least 4 members (excludes halogenated alkanes) is 1. The smallest absolute Gasteiger partial charge is 0.0193 e. The lowest BCUT2D eigenvalue weighted by molar-refractivity contribution is 0.136. The molecule has 16 heavy (non-hydrogen) atoms. The Morgan fingerprint density at radius 1 is 1.31 bits per heavy atom. The van der Waals surface area contributed by atoms with Crippen molar-refractivity contribution in [2.75, 3.05) is 19.6 Å². The van der Waals surface area contributed by atoms with Crippen molar-refractivity contribution in [3.63, 3.8) is 0 Å². The van der Waals surface area contributed by atoms with Crippen molar-refractivity contribution in [2.24, 2.45) is 5.92 Å². The number of nitrogens with zero attached hydrogens (tertiary/aromatic N) is 1. The van der Waals surface area contributed by atoms with Gasteiger partial charge < -0.3 is 5.32 Å². The first kappa shape index (κ1) is 14.0. The van der Waals surface area contributed by atoms with E-state index in [1.54, 1.807) is 0 Å². The average Bonchev–Trinajstić information content (AvgIpc) is 2.26. The second-order valence-electron chi connectivity index (χ2n) is 5.75. The summed E-state index contributed by atoms with van der Waals surface area (Å²) in [6.45, 7) is 13.0. The Labute approximate surface area is 102 Å². The molecule has 0 saturated carbocycles. The van der Waals surface area contributed by atoms with Gasteiger partial charge in [-0.1, -0.05) is 33.6 Å². The molecule has 0 aromatic carbocycles. The number of rotatable bonds is 6. The second-order valence-corrected chi connectivity index (χ2v) is 5.75. The number of nitrogens with one attached hydrogen (secondary N) is 1. The largest absolute Gasteiger partial charge is 0.311 e. The predicted octanol–water partition coefficient (Wildman–Crippen LogP) is 2.89. The molecule has 1 heterocycles. The van der Waals surface area contributed by atoms with Gasteiger partial charge in [0.05, 0.1) is 0 Å². The van der Waals surface area contributed by atoms with Gasteiger partial charge in [0, 0.05) is 25.2 Å². The van der Waals surface area contributed by atoms with Crippen LogP contribution < -0.4 is 5.32 Å². The van der Waals surface area contributed by atoms with Crippen molar-refractivity contribution in [3.05, 3.63) is 0 Å². The zero-order valence-electron chi connectivity index (χ0n) is 11.6. The summed E-state index contributed by atoms with van der Waals surface area (Å²) in [7, 11) is 0. The molecule has 0 aromatic heterocycles. The van der Waals surface area contributed by atoms with E-state index in [4.69, 9.17) is 0 Å². The zero-order valence-corrected chi connectivity index (χ0v) is 11.6. The topological polar surface area (TPSA) is 15.3 Å². The molecule has 2 unspecified atom stereocenters. The summed E-state index contributed by atoms with van der Waals surface area (Å²) in [4.78, 5) is 2.67. The van der Waals surface area contributed by atoms with Gasteiger partial charge in [-0.3, -0.25) is 4.90 Å². The first-order chi connectivity index (χ1) is 7.63. The number of hydrogen-bond acceptors (Lipinski definition) is 2. The van der Waals surface area contributed by atoms with Crippen molar-refractivity contribution >= 4 is 0 Å². The molecule has 96 valence electrons. The van der Waals surface area contributed by atoms with Crippen molar-refractivity contribution in [1.29, 1.82) is 0 Å². The summed E-state index contributed by atoms with van der Waals surface area (Å²) in [6, 6.07) is 1.45. The quantitative estimate of drug-likeness (QED) is 0.701. The molecule has 1 fully saturated rings. The number of piperazine rings is 1. The summed E-state index contributed by atoms with van der Waals surface area (Å²) in [6.07, 6.45) is 5.41. The van der Waals surface area contributed by atoms with E-state index in [0.717, 1.165) is 18.0 Å². The van der Waals surface area contributed by atoms with Crippen LogP contribution in [0.15, 0.2) is 0 Å². The molecule has 1 rings (SSSR count). The second kappa shape index (κ2) is 7.29. The highest BCUT2D eigenvalue weighted by Gasteiger charge is 2.22. The fourth-order valence-corrected chi connectivity index (χ4v) is 2.45.